The van der Waals surface area contributed by atoms with Gasteiger partial charge in [-0.1, -0.05) is 17.7 Å². The fraction of sp³-hybridized carbons (Fsp3) is 0.538. The van der Waals surface area contributed by atoms with E-state index in [0.717, 1.165) is 29.7 Å². The molecule has 1 aliphatic rings. The molecule has 1 fully saturated rings. The summed E-state index contributed by atoms with van der Waals surface area (Å²) in [5, 5.41) is 9.24. The van der Waals surface area contributed by atoms with Crippen LogP contribution in [-0.2, 0) is 6.61 Å². The highest BCUT2D eigenvalue weighted by molar-refractivity contribution is 5.36. The zero-order valence-electron chi connectivity index (χ0n) is 9.20. The van der Waals surface area contributed by atoms with Crippen LogP contribution in [0.4, 0.5) is 0 Å². The molecule has 0 unspecified atom stereocenters. The van der Waals surface area contributed by atoms with E-state index in [1.165, 1.54) is 12.8 Å². The van der Waals surface area contributed by atoms with Gasteiger partial charge in [-0.05, 0) is 38.7 Å². The summed E-state index contributed by atoms with van der Waals surface area (Å²) in [6.07, 6.45) is 5.20. The Bertz CT molecular complexity index is 327. The molecular formula is C13H18O2. The minimum Gasteiger partial charge on any atom is -0.490 e. The lowest BCUT2D eigenvalue weighted by Crippen LogP contribution is -2.12. The van der Waals surface area contributed by atoms with Gasteiger partial charge in [0.05, 0.1) is 12.7 Å². The molecular weight excluding hydrogens is 188 g/mol. The molecule has 1 aromatic carbocycles. The maximum atomic E-state index is 9.24. The average molecular weight is 206 g/mol. The van der Waals surface area contributed by atoms with Crippen LogP contribution in [0, 0.1) is 6.92 Å². The van der Waals surface area contributed by atoms with Gasteiger partial charge in [0.25, 0.3) is 0 Å². The van der Waals surface area contributed by atoms with E-state index in [2.05, 4.69) is 0 Å². The Morgan fingerprint density at radius 2 is 2.07 bits per heavy atom. The van der Waals surface area contributed by atoms with Gasteiger partial charge in [-0.15, -0.1) is 0 Å². The Kier molecular flexibility index (Phi) is 3.27. The minimum atomic E-state index is 0.0593. The van der Waals surface area contributed by atoms with Crippen LogP contribution in [0.5, 0.6) is 5.75 Å². The van der Waals surface area contributed by atoms with Gasteiger partial charge in [0, 0.05) is 5.56 Å². The fourth-order valence-corrected chi connectivity index (χ4v) is 2.13. The molecule has 82 valence electrons. The summed E-state index contributed by atoms with van der Waals surface area (Å²) in [6, 6.07) is 5.99. The molecule has 0 radical (unpaired) electrons. The molecule has 2 rings (SSSR count). The number of benzene rings is 1. The highest BCUT2D eigenvalue weighted by Crippen LogP contribution is 2.27. The van der Waals surface area contributed by atoms with E-state index in [0.29, 0.717) is 6.10 Å². The van der Waals surface area contributed by atoms with Crippen LogP contribution in [0.2, 0.25) is 0 Å². The molecule has 0 aromatic heterocycles. The molecule has 0 atom stereocenters. The van der Waals surface area contributed by atoms with E-state index >= 15 is 0 Å². The van der Waals surface area contributed by atoms with Crippen molar-refractivity contribution >= 4 is 0 Å². The second kappa shape index (κ2) is 4.67. The molecule has 1 N–H and O–H groups in total. The van der Waals surface area contributed by atoms with Crippen molar-refractivity contribution in [3.63, 3.8) is 0 Å². The number of hydrogen-bond donors (Lipinski definition) is 1. The number of aliphatic hydroxyl groups excluding tert-OH is 1. The first-order valence-electron chi connectivity index (χ1n) is 5.66. The molecule has 2 nitrogen and oxygen atoms in total. The molecule has 1 saturated carbocycles. The Hall–Kier alpha value is -1.02. The summed E-state index contributed by atoms with van der Waals surface area (Å²) < 4.78 is 5.89. The predicted molar refractivity (Wildman–Crippen MR) is 60.0 cm³/mol. The summed E-state index contributed by atoms with van der Waals surface area (Å²) in [5.74, 6) is 0.856. The summed E-state index contributed by atoms with van der Waals surface area (Å²) in [4.78, 5) is 0. The van der Waals surface area contributed by atoms with Gasteiger partial charge in [0.1, 0.15) is 5.75 Å². The van der Waals surface area contributed by atoms with Crippen molar-refractivity contribution in [1.82, 2.24) is 0 Å². The Morgan fingerprint density at radius 1 is 1.33 bits per heavy atom. The van der Waals surface area contributed by atoms with E-state index in [-0.39, 0.29) is 6.61 Å². The van der Waals surface area contributed by atoms with E-state index < -0.39 is 0 Å². The van der Waals surface area contributed by atoms with E-state index in [9.17, 15) is 5.11 Å². The first-order valence-corrected chi connectivity index (χ1v) is 5.66. The Balaban J connectivity index is 2.12. The Morgan fingerprint density at radius 3 is 2.73 bits per heavy atom. The summed E-state index contributed by atoms with van der Waals surface area (Å²) in [5.41, 5.74) is 2.07. The largest absolute Gasteiger partial charge is 0.490 e. The standard InChI is InChI=1S/C13H18O2/c1-10-6-7-13(11(8-10)9-14)15-12-4-2-3-5-12/h6-8,12,14H,2-5,9H2,1H3. The first-order chi connectivity index (χ1) is 7.29. The van der Waals surface area contributed by atoms with E-state index in [4.69, 9.17) is 4.74 Å². The number of aryl methyl sites for hydroxylation is 1. The monoisotopic (exact) mass is 206 g/mol. The number of hydrogen-bond acceptors (Lipinski definition) is 2. The van der Waals surface area contributed by atoms with Crippen LogP contribution in [0.25, 0.3) is 0 Å². The molecule has 0 bridgehead atoms. The lowest BCUT2D eigenvalue weighted by atomic mass is 10.1. The maximum absolute atomic E-state index is 9.24. The molecule has 1 aromatic rings. The molecule has 0 amide bonds. The van der Waals surface area contributed by atoms with E-state index in [1.54, 1.807) is 0 Å². The topological polar surface area (TPSA) is 29.5 Å². The normalized spacial score (nSPS) is 16.9. The lowest BCUT2D eigenvalue weighted by molar-refractivity contribution is 0.199. The molecule has 0 spiro atoms. The molecule has 0 aliphatic heterocycles. The number of ether oxygens (including phenoxy) is 1. The van der Waals surface area contributed by atoms with Crippen LogP contribution in [0.15, 0.2) is 18.2 Å². The van der Waals surface area contributed by atoms with Crippen LogP contribution in [0.1, 0.15) is 36.8 Å². The minimum absolute atomic E-state index is 0.0593. The third-order valence-corrected chi connectivity index (χ3v) is 2.98. The average Bonchev–Trinajstić information content (AvgIpc) is 2.73. The molecule has 15 heavy (non-hydrogen) atoms. The number of aliphatic hydroxyl groups is 1. The van der Waals surface area contributed by atoms with E-state index in [1.807, 2.05) is 25.1 Å². The lowest BCUT2D eigenvalue weighted by Gasteiger charge is -2.16. The molecule has 0 saturated heterocycles. The zero-order chi connectivity index (χ0) is 10.7. The van der Waals surface area contributed by atoms with Crippen molar-refractivity contribution in [3.8, 4) is 5.75 Å². The smallest absolute Gasteiger partial charge is 0.125 e. The van der Waals surface area contributed by atoms with Gasteiger partial charge in [-0.2, -0.15) is 0 Å². The second-order valence-electron chi connectivity index (χ2n) is 4.29. The van der Waals surface area contributed by atoms with Gasteiger partial charge in [-0.3, -0.25) is 0 Å². The van der Waals surface area contributed by atoms with Gasteiger partial charge in [0.2, 0.25) is 0 Å². The predicted octanol–water partition coefficient (Wildman–Crippen LogP) is 2.81. The van der Waals surface area contributed by atoms with Gasteiger partial charge in [-0.25, -0.2) is 0 Å². The van der Waals surface area contributed by atoms with Crippen LogP contribution in [0.3, 0.4) is 0 Å². The van der Waals surface area contributed by atoms with Crippen molar-refractivity contribution < 1.29 is 9.84 Å². The summed E-state index contributed by atoms with van der Waals surface area (Å²) in [6.45, 7) is 2.09. The third kappa shape index (κ3) is 2.51. The van der Waals surface area contributed by atoms with Crippen molar-refractivity contribution in [2.24, 2.45) is 0 Å². The van der Waals surface area contributed by atoms with Gasteiger partial charge < -0.3 is 9.84 Å². The second-order valence-corrected chi connectivity index (χ2v) is 4.29. The van der Waals surface area contributed by atoms with Gasteiger partial charge >= 0.3 is 0 Å². The molecule has 0 heterocycles. The van der Waals surface area contributed by atoms with Crippen molar-refractivity contribution in [1.29, 1.82) is 0 Å². The van der Waals surface area contributed by atoms with Gasteiger partial charge in [0.15, 0.2) is 0 Å². The maximum Gasteiger partial charge on any atom is 0.125 e. The SMILES string of the molecule is Cc1ccc(OC2CCCC2)c(CO)c1. The highest BCUT2D eigenvalue weighted by Gasteiger charge is 2.17. The van der Waals surface area contributed by atoms with Crippen molar-refractivity contribution in [2.45, 2.75) is 45.3 Å². The molecule has 1 aliphatic carbocycles. The van der Waals surface area contributed by atoms with Crippen LogP contribution in [-0.4, -0.2) is 11.2 Å². The third-order valence-electron chi connectivity index (χ3n) is 2.98. The van der Waals surface area contributed by atoms with Crippen molar-refractivity contribution in [2.75, 3.05) is 0 Å². The number of rotatable bonds is 3. The first kappa shape index (κ1) is 10.5. The summed E-state index contributed by atoms with van der Waals surface area (Å²) >= 11 is 0. The highest BCUT2D eigenvalue weighted by atomic mass is 16.5. The van der Waals surface area contributed by atoms with Crippen molar-refractivity contribution in [3.05, 3.63) is 29.3 Å². The quantitative estimate of drug-likeness (QED) is 0.824. The Labute approximate surface area is 90.9 Å². The zero-order valence-corrected chi connectivity index (χ0v) is 9.20. The van der Waals surface area contributed by atoms with Crippen LogP contribution >= 0.6 is 0 Å². The fourth-order valence-electron chi connectivity index (χ4n) is 2.13. The molecule has 2 heteroatoms. The summed E-state index contributed by atoms with van der Waals surface area (Å²) in [7, 11) is 0. The van der Waals surface area contributed by atoms with Crippen LogP contribution < -0.4 is 4.74 Å².